The van der Waals surface area contributed by atoms with Crippen LogP contribution in [0.1, 0.15) is 0 Å². The molecule has 0 aliphatic carbocycles. The molecule has 100 valence electrons. The Labute approximate surface area is 111 Å². The molecule has 0 amide bonds. The average molecular weight is 279 g/mol. The van der Waals surface area contributed by atoms with Crippen LogP contribution in [0.5, 0.6) is 5.75 Å². The Hall–Kier alpha value is -2.28. The van der Waals surface area contributed by atoms with Crippen molar-refractivity contribution < 1.29 is 13.2 Å². The maximum atomic E-state index is 12.1. The van der Waals surface area contributed by atoms with Crippen molar-refractivity contribution in [3.05, 3.63) is 42.6 Å². The molecule has 0 radical (unpaired) electrons. The van der Waals surface area contributed by atoms with Gasteiger partial charge in [0.25, 0.3) is 10.0 Å². The van der Waals surface area contributed by atoms with Crippen LogP contribution in [0.25, 0.3) is 0 Å². The summed E-state index contributed by atoms with van der Waals surface area (Å²) in [7, 11) is -2.24. The number of pyridine rings is 1. The van der Waals surface area contributed by atoms with E-state index in [0.717, 1.165) is 0 Å². The van der Waals surface area contributed by atoms with Crippen LogP contribution < -0.4 is 15.2 Å². The first-order valence-electron chi connectivity index (χ1n) is 5.40. The first kappa shape index (κ1) is 13.2. The predicted molar refractivity (Wildman–Crippen MR) is 72.5 cm³/mol. The van der Waals surface area contributed by atoms with Crippen molar-refractivity contribution >= 4 is 21.5 Å². The number of nitrogens with one attached hydrogen (secondary N) is 1. The van der Waals surface area contributed by atoms with Gasteiger partial charge in [0, 0.05) is 6.20 Å². The van der Waals surface area contributed by atoms with Gasteiger partial charge < -0.3 is 10.5 Å². The molecule has 2 rings (SSSR count). The van der Waals surface area contributed by atoms with Gasteiger partial charge in [0.05, 0.1) is 17.7 Å². The van der Waals surface area contributed by atoms with Crippen LogP contribution in [0, 0.1) is 0 Å². The molecule has 0 aliphatic rings. The second-order valence-corrected chi connectivity index (χ2v) is 5.41. The molecular formula is C12H13N3O3S. The van der Waals surface area contributed by atoms with Gasteiger partial charge in [-0.05, 0) is 30.3 Å². The predicted octanol–water partition coefficient (Wildman–Crippen LogP) is 1.47. The van der Waals surface area contributed by atoms with E-state index in [0.29, 0.717) is 5.75 Å². The fourth-order valence-corrected chi connectivity index (χ4v) is 2.54. The Kier molecular flexibility index (Phi) is 3.57. The highest BCUT2D eigenvalue weighted by Gasteiger charge is 2.16. The number of nitrogens with zero attached hydrogens (tertiary/aromatic N) is 1. The van der Waals surface area contributed by atoms with E-state index in [1.54, 1.807) is 18.2 Å². The van der Waals surface area contributed by atoms with Crippen LogP contribution in [-0.4, -0.2) is 20.5 Å². The van der Waals surface area contributed by atoms with E-state index in [1.165, 1.54) is 31.5 Å². The van der Waals surface area contributed by atoms with Crippen molar-refractivity contribution in [2.24, 2.45) is 0 Å². The number of aromatic nitrogens is 1. The van der Waals surface area contributed by atoms with E-state index in [9.17, 15) is 8.42 Å². The minimum Gasteiger partial charge on any atom is -0.495 e. The molecule has 0 unspecified atom stereocenters. The number of nitrogens with two attached hydrogens (primary N) is 1. The number of benzene rings is 1. The molecule has 6 nitrogen and oxygen atoms in total. The summed E-state index contributed by atoms with van der Waals surface area (Å²) in [5.74, 6) is 0.675. The third-order valence-electron chi connectivity index (χ3n) is 2.42. The summed E-state index contributed by atoms with van der Waals surface area (Å²) in [6.07, 6.45) is 1.50. The van der Waals surface area contributed by atoms with Crippen LogP contribution in [-0.2, 0) is 10.0 Å². The maximum absolute atomic E-state index is 12.1. The Balaban J connectivity index is 2.32. The van der Waals surface area contributed by atoms with Gasteiger partial charge in [0.1, 0.15) is 11.6 Å². The monoisotopic (exact) mass is 279 g/mol. The molecule has 1 aromatic carbocycles. The van der Waals surface area contributed by atoms with E-state index < -0.39 is 10.0 Å². The Bertz CT molecular complexity index is 672. The summed E-state index contributed by atoms with van der Waals surface area (Å²) >= 11 is 0. The van der Waals surface area contributed by atoms with Gasteiger partial charge in [-0.3, -0.25) is 4.72 Å². The molecule has 0 saturated carbocycles. The highest BCUT2D eigenvalue weighted by atomic mass is 32.2. The van der Waals surface area contributed by atoms with Crippen LogP contribution in [0.4, 0.5) is 11.5 Å². The van der Waals surface area contributed by atoms with Gasteiger partial charge in [-0.25, -0.2) is 13.4 Å². The standard InChI is InChI=1S/C12H13N3O3S/c1-18-11-6-5-9(8-10(11)13)19(16,17)15-12-4-2-3-7-14-12/h2-8H,13H2,1H3,(H,14,15). The molecule has 0 fully saturated rings. The van der Waals surface area contributed by atoms with Crippen LogP contribution >= 0.6 is 0 Å². The molecule has 19 heavy (non-hydrogen) atoms. The van der Waals surface area contributed by atoms with Gasteiger partial charge in [0.15, 0.2) is 0 Å². The lowest BCUT2D eigenvalue weighted by atomic mass is 10.3. The van der Waals surface area contributed by atoms with Crippen molar-refractivity contribution in [3.8, 4) is 5.75 Å². The highest BCUT2D eigenvalue weighted by Crippen LogP contribution is 2.25. The van der Waals surface area contributed by atoms with E-state index in [4.69, 9.17) is 10.5 Å². The SMILES string of the molecule is COc1ccc(S(=O)(=O)Nc2ccccn2)cc1N. The average Bonchev–Trinajstić information content (AvgIpc) is 2.39. The summed E-state index contributed by atoms with van der Waals surface area (Å²) in [6, 6.07) is 9.20. The number of rotatable bonds is 4. The number of sulfonamides is 1. The summed E-state index contributed by atoms with van der Waals surface area (Å²) in [5, 5.41) is 0. The zero-order valence-corrected chi connectivity index (χ0v) is 11.0. The number of ether oxygens (including phenoxy) is 1. The quantitative estimate of drug-likeness (QED) is 0.826. The van der Waals surface area contributed by atoms with Gasteiger partial charge in [-0.2, -0.15) is 0 Å². The number of nitrogen functional groups attached to an aromatic ring is 1. The zero-order chi connectivity index (χ0) is 13.9. The molecule has 0 bridgehead atoms. The third-order valence-corrected chi connectivity index (χ3v) is 3.77. The topological polar surface area (TPSA) is 94.3 Å². The third kappa shape index (κ3) is 2.94. The lowest BCUT2D eigenvalue weighted by Gasteiger charge is -2.09. The Morgan fingerprint density at radius 2 is 2.05 bits per heavy atom. The molecule has 0 spiro atoms. The van der Waals surface area contributed by atoms with E-state index in [2.05, 4.69) is 9.71 Å². The molecule has 0 aliphatic heterocycles. The molecule has 2 aromatic rings. The lowest BCUT2D eigenvalue weighted by molar-refractivity contribution is 0.416. The van der Waals surface area contributed by atoms with Gasteiger partial charge in [-0.15, -0.1) is 0 Å². The van der Waals surface area contributed by atoms with Crippen molar-refractivity contribution in [1.29, 1.82) is 0 Å². The normalized spacial score (nSPS) is 11.0. The molecule has 1 aromatic heterocycles. The van der Waals surface area contributed by atoms with Crippen molar-refractivity contribution in [2.45, 2.75) is 4.90 Å². The first-order valence-corrected chi connectivity index (χ1v) is 6.88. The smallest absolute Gasteiger partial charge is 0.263 e. The van der Waals surface area contributed by atoms with E-state index in [1.807, 2.05) is 0 Å². The first-order chi connectivity index (χ1) is 9.03. The van der Waals surface area contributed by atoms with E-state index in [-0.39, 0.29) is 16.4 Å². The Morgan fingerprint density at radius 3 is 2.63 bits per heavy atom. The molecule has 0 atom stereocenters. The van der Waals surface area contributed by atoms with Crippen molar-refractivity contribution in [3.63, 3.8) is 0 Å². The van der Waals surface area contributed by atoms with Crippen molar-refractivity contribution in [2.75, 3.05) is 17.6 Å². The molecule has 7 heteroatoms. The van der Waals surface area contributed by atoms with Crippen LogP contribution in [0.2, 0.25) is 0 Å². The fraction of sp³-hybridized carbons (Fsp3) is 0.0833. The molecule has 1 heterocycles. The maximum Gasteiger partial charge on any atom is 0.263 e. The highest BCUT2D eigenvalue weighted by molar-refractivity contribution is 7.92. The molecular weight excluding hydrogens is 266 g/mol. The Morgan fingerprint density at radius 1 is 1.26 bits per heavy atom. The number of hydrogen-bond acceptors (Lipinski definition) is 5. The number of anilines is 2. The largest absolute Gasteiger partial charge is 0.495 e. The molecule has 0 saturated heterocycles. The minimum absolute atomic E-state index is 0.0523. The molecule has 3 N–H and O–H groups in total. The minimum atomic E-state index is -3.71. The number of hydrogen-bond donors (Lipinski definition) is 2. The zero-order valence-electron chi connectivity index (χ0n) is 10.2. The lowest BCUT2D eigenvalue weighted by Crippen LogP contribution is -2.14. The second kappa shape index (κ2) is 5.15. The van der Waals surface area contributed by atoms with Crippen LogP contribution in [0.3, 0.4) is 0 Å². The summed E-state index contributed by atoms with van der Waals surface area (Å²) < 4.78 is 31.6. The summed E-state index contributed by atoms with van der Waals surface area (Å²) in [6.45, 7) is 0. The fourth-order valence-electron chi connectivity index (χ4n) is 1.50. The van der Waals surface area contributed by atoms with E-state index >= 15 is 0 Å². The van der Waals surface area contributed by atoms with Gasteiger partial charge >= 0.3 is 0 Å². The van der Waals surface area contributed by atoms with Gasteiger partial charge in [0.2, 0.25) is 0 Å². The summed E-state index contributed by atoms with van der Waals surface area (Å²) in [5.41, 5.74) is 5.95. The summed E-state index contributed by atoms with van der Waals surface area (Å²) in [4.78, 5) is 3.95. The van der Waals surface area contributed by atoms with Gasteiger partial charge in [-0.1, -0.05) is 6.07 Å². The number of methoxy groups -OCH3 is 1. The van der Waals surface area contributed by atoms with Crippen LogP contribution in [0.15, 0.2) is 47.5 Å². The second-order valence-electron chi connectivity index (χ2n) is 3.72. The van der Waals surface area contributed by atoms with Crippen molar-refractivity contribution in [1.82, 2.24) is 4.98 Å².